The van der Waals surface area contributed by atoms with Gasteiger partial charge in [-0.1, -0.05) is 26.0 Å². The first-order valence-electron chi connectivity index (χ1n) is 4.46. The summed E-state index contributed by atoms with van der Waals surface area (Å²) in [4.78, 5) is 0. The highest BCUT2D eigenvalue weighted by Crippen LogP contribution is 2.26. The van der Waals surface area contributed by atoms with E-state index in [1.54, 1.807) is 0 Å². The second kappa shape index (κ2) is 6.11. The van der Waals surface area contributed by atoms with Crippen molar-refractivity contribution in [1.82, 2.24) is 0 Å². The van der Waals surface area contributed by atoms with Gasteiger partial charge >= 0.3 is 0 Å². The van der Waals surface area contributed by atoms with Gasteiger partial charge in [0.1, 0.15) is 6.10 Å². The van der Waals surface area contributed by atoms with Gasteiger partial charge in [-0.15, -0.1) is 0 Å². The van der Waals surface area contributed by atoms with E-state index in [0.29, 0.717) is 6.42 Å². The predicted octanol–water partition coefficient (Wildman–Crippen LogP) is 2.49. The summed E-state index contributed by atoms with van der Waals surface area (Å²) < 4.78 is 23.6. The van der Waals surface area contributed by atoms with Gasteiger partial charge < -0.3 is 9.47 Å². The molecule has 0 aliphatic carbocycles. The van der Waals surface area contributed by atoms with Crippen LogP contribution in [0.25, 0.3) is 0 Å². The Morgan fingerprint density at radius 3 is 2.46 bits per heavy atom. The third-order valence-corrected chi connectivity index (χ3v) is 2.06. The number of ether oxygens (including phenoxy) is 2. The van der Waals surface area contributed by atoms with Crippen LogP contribution in [0, 0.1) is 6.58 Å². The molecule has 0 rings (SSSR count). The SMILES string of the molecule is [CH]=CC(OC)C(F)(CCCC)OC. The zero-order valence-electron chi connectivity index (χ0n) is 8.55. The van der Waals surface area contributed by atoms with Crippen LogP contribution in [0.3, 0.4) is 0 Å². The third-order valence-electron chi connectivity index (χ3n) is 2.06. The summed E-state index contributed by atoms with van der Waals surface area (Å²) in [6.07, 6.45) is 2.34. The molecule has 0 fully saturated rings. The van der Waals surface area contributed by atoms with Gasteiger partial charge in [0.05, 0.1) is 0 Å². The van der Waals surface area contributed by atoms with Gasteiger partial charge in [0.25, 0.3) is 0 Å². The summed E-state index contributed by atoms with van der Waals surface area (Å²) in [6.45, 7) is 7.24. The van der Waals surface area contributed by atoms with Crippen molar-refractivity contribution >= 4 is 0 Å². The molecule has 0 spiro atoms. The van der Waals surface area contributed by atoms with Crippen molar-refractivity contribution < 1.29 is 13.9 Å². The van der Waals surface area contributed by atoms with Crippen molar-refractivity contribution in [2.45, 2.75) is 38.1 Å². The molecule has 2 atom stereocenters. The van der Waals surface area contributed by atoms with Crippen molar-refractivity contribution in [3.63, 3.8) is 0 Å². The summed E-state index contributed by atoms with van der Waals surface area (Å²) >= 11 is 0. The van der Waals surface area contributed by atoms with Crippen LogP contribution >= 0.6 is 0 Å². The Hall–Kier alpha value is -0.410. The molecule has 1 radical (unpaired) electrons. The predicted molar refractivity (Wildman–Crippen MR) is 50.0 cm³/mol. The number of rotatable bonds is 7. The smallest absolute Gasteiger partial charge is 0.238 e. The summed E-state index contributed by atoms with van der Waals surface area (Å²) in [6, 6.07) is 0. The fraction of sp³-hybridized carbons (Fsp3) is 0.800. The normalized spacial score (nSPS) is 17.8. The van der Waals surface area contributed by atoms with Crippen LogP contribution in [0.4, 0.5) is 4.39 Å². The summed E-state index contributed by atoms with van der Waals surface area (Å²) in [5.41, 5.74) is 0. The zero-order valence-corrected chi connectivity index (χ0v) is 8.55. The maximum absolute atomic E-state index is 13.9. The van der Waals surface area contributed by atoms with E-state index in [2.05, 4.69) is 0 Å². The van der Waals surface area contributed by atoms with E-state index in [-0.39, 0.29) is 0 Å². The van der Waals surface area contributed by atoms with Crippen molar-refractivity contribution in [2.24, 2.45) is 0 Å². The first-order valence-corrected chi connectivity index (χ1v) is 4.46. The monoisotopic (exact) mass is 189 g/mol. The largest absolute Gasteiger partial charge is 0.371 e. The molecule has 0 aromatic rings. The number of methoxy groups -OCH3 is 2. The first-order chi connectivity index (χ1) is 6.14. The minimum Gasteiger partial charge on any atom is -0.371 e. The first kappa shape index (κ1) is 12.6. The summed E-state index contributed by atoms with van der Waals surface area (Å²) in [5.74, 6) is -1.79. The standard InChI is InChI=1S/C10H18FO2/c1-5-7-8-10(11,13-4)9(6-2)12-3/h2,6,9H,5,7-8H2,1,3-4H3. The molecule has 0 aromatic heterocycles. The van der Waals surface area contributed by atoms with Crippen molar-refractivity contribution in [3.8, 4) is 0 Å². The van der Waals surface area contributed by atoms with E-state index in [1.165, 1.54) is 20.3 Å². The quantitative estimate of drug-likeness (QED) is 0.612. The molecule has 0 saturated carbocycles. The van der Waals surface area contributed by atoms with E-state index in [1.807, 2.05) is 6.92 Å². The van der Waals surface area contributed by atoms with Crippen LogP contribution in [0.15, 0.2) is 6.08 Å². The Bertz CT molecular complexity index is 150. The van der Waals surface area contributed by atoms with Gasteiger partial charge in [0.2, 0.25) is 5.85 Å². The fourth-order valence-corrected chi connectivity index (χ4v) is 1.18. The maximum atomic E-state index is 13.9. The molecular formula is C10H18FO2. The number of halogens is 1. The second-order valence-corrected chi connectivity index (χ2v) is 2.94. The number of hydrogen-bond donors (Lipinski definition) is 0. The van der Waals surface area contributed by atoms with Crippen LogP contribution in [-0.4, -0.2) is 26.2 Å². The Kier molecular flexibility index (Phi) is 5.91. The van der Waals surface area contributed by atoms with Gasteiger partial charge in [0.15, 0.2) is 0 Å². The van der Waals surface area contributed by atoms with Crippen LogP contribution in [0.1, 0.15) is 26.2 Å². The average molecular weight is 189 g/mol. The molecule has 0 bridgehead atoms. The molecule has 0 aliphatic rings. The molecule has 0 aromatic carbocycles. The molecular weight excluding hydrogens is 171 g/mol. The Balaban J connectivity index is 4.29. The van der Waals surface area contributed by atoms with Gasteiger partial charge in [-0.05, 0) is 6.42 Å². The van der Waals surface area contributed by atoms with Crippen molar-refractivity contribution in [2.75, 3.05) is 14.2 Å². The molecule has 2 nitrogen and oxygen atoms in total. The highest BCUT2D eigenvalue weighted by molar-refractivity contribution is 4.90. The van der Waals surface area contributed by atoms with Gasteiger partial charge in [-0.2, -0.15) is 0 Å². The van der Waals surface area contributed by atoms with Crippen LogP contribution in [0.2, 0.25) is 0 Å². The molecule has 0 saturated heterocycles. The Morgan fingerprint density at radius 2 is 2.15 bits per heavy atom. The molecule has 0 heterocycles. The maximum Gasteiger partial charge on any atom is 0.238 e. The van der Waals surface area contributed by atoms with Gasteiger partial charge in [-0.3, -0.25) is 0 Å². The zero-order chi connectivity index (χ0) is 10.3. The summed E-state index contributed by atoms with van der Waals surface area (Å²) in [7, 11) is 2.73. The summed E-state index contributed by atoms with van der Waals surface area (Å²) in [5, 5.41) is 0. The van der Waals surface area contributed by atoms with Crippen molar-refractivity contribution in [1.29, 1.82) is 0 Å². The van der Waals surface area contributed by atoms with E-state index >= 15 is 0 Å². The number of unbranched alkanes of at least 4 members (excludes halogenated alkanes) is 1. The van der Waals surface area contributed by atoms with Gasteiger partial charge in [-0.25, -0.2) is 4.39 Å². The topological polar surface area (TPSA) is 18.5 Å². The lowest BCUT2D eigenvalue weighted by molar-refractivity contribution is -0.189. The molecule has 0 aliphatic heterocycles. The molecule has 3 heteroatoms. The van der Waals surface area contributed by atoms with E-state index in [4.69, 9.17) is 16.1 Å². The lowest BCUT2D eigenvalue weighted by atomic mass is 10.0. The number of alkyl halides is 1. The minimum atomic E-state index is -1.79. The van der Waals surface area contributed by atoms with Gasteiger partial charge in [0, 0.05) is 20.6 Å². The van der Waals surface area contributed by atoms with Crippen LogP contribution in [-0.2, 0) is 9.47 Å². The third kappa shape index (κ3) is 3.44. The minimum absolute atomic E-state index is 0.298. The van der Waals surface area contributed by atoms with Crippen molar-refractivity contribution in [3.05, 3.63) is 12.7 Å². The van der Waals surface area contributed by atoms with Crippen LogP contribution in [0.5, 0.6) is 0 Å². The van der Waals surface area contributed by atoms with Crippen LogP contribution < -0.4 is 0 Å². The molecule has 77 valence electrons. The van der Waals surface area contributed by atoms with E-state index in [9.17, 15) is 4.39 Å². The van der Waals surface area contributed by atoms with E-state index in [0.717, 1.165) is 12.8 Å². The number of hydrogen-bond acceptors (Lipinski definition) is 2. The van der Waals surface area contributed by atoms with E-state index < -0.39 is 12.0 Å². The molecule has 0 N–H and O–H groups in total. The molecule has 2 unspecified atom stereocenters. The highest BCUT2D eigenvalue weighted by Gasteiger charge is 2.37. The lowest BCUT2D eigenvalue weighted by Gasteiger charge is -2.29. The lowest BCUT2D eigenvalue weighted by Crippen LogP contribution is -2.39. The Labute approximate surface area is 79.7 Å². The molecule has 13 heavy (non-hydrogen) atoms. The fourth-order valence-electron chi connectivity index (χ4n) is 1.18. The Morgan fingerprint density at radius 1 is 1.54 bits per heavy atom. The highest BCUT2D eigenvalue weighted by atomic mass is 19.2. The average Bonchev–Trinajstić information content (AvgIpc) is 2.16. The second-order valence-electron chi connectivity index (χ2n) is 2.94. The molecule has 0 amide bonds.